The van der Waals surface area contributed by atoms with Crippen molar-refractivity contribution in [2.75, 3.05) is 0 Å². The summed E-state index contributed by atoms with van der Waals surface area (Å²) >= 11 is 0. The fourth-order valence-electron chi connectivity index (χ4n) is 3.14. The monoisotopic (exact) mass is 387 g/mol. The van der Waals surface area contributed by atoms with Crippen molar-refractivity contribution in [2.24, 2.45) is 0 Å². The van der Waals surface area contributed by atoms with Crippen molar-refractivity contribution in [3.05, 3.63) is 77.4 Å². The van der Waals surface area contributed by atoms with Crippen LogP contribution in [0.5, 0.6) is 0 Å². The average Bonchev–Trinajstić information content (AvgIpc) is 3.21. The summed E-state index contributed by atoms with van der Waals surface area (Å²) in [6, 6.07) is 15.6. The maximum atomic E-state index is 14.4. The molecule has 0 saturated heterocycles. The van der Waals surface area contributed by atoms with Crippen LogP contribution in [0.3, 0.4) is 0 Å². The first-order chi connectivity index (χ1) is 12.9. The van der Waals surface area contributed by atoms with Gasteiger partial charge >= 0.3 is 0 Å². The average molecular weight is 387 g/mol. The molecule has 2 aromatic carbocycles. The van der Waals surface area contributed by atoms with Gasteiger partial charge in [0.1, 0.15) is 6.61 Å². The fraction of sp³-hybridized carbons (Fsp3) is 0.263. The standard InChI is InChI=1S/C19H18FN3O3S/c1-13-7-9-15(10-8-13)27(24,25)26-12-18-21-19-16(20)11-17(23(19)22-18)14-5-3-2-4-6-14/h2-10,16-17H,11-12H2,1H3/t16-,17-/m0/s1. The van der Waals surface area contributed by atoms with E-state index in [1.54, 1.807) is 12.1 Å². The lowest BCUT2D eigenvalue weighted by Crippen LogP contribution is -2.10. The maximum Gasteiger partial charge on any atom is 0.297 e. The number of hydrogen-bond acceptors (Lipinski definition) is 5. The first kappa shape index (κ1) is 17.8. The lowest BCUT2D eigenvalue weighted by Gasteiger charge is -2.11. The highest BCUT2D eigenvalue weighted by atomic mass is 32.2. The zero-order valence-electron chi connectivity index (χ0n) is 14.6. The molecule has 0 bridgehead atoms. The van der Waals surface area contributed by atoms with Gasteiger partial charge in [-0.05, 0) is 24.6 Å². The quantitative estimate of drug-likeness (QED) is 0.627. The third-order valence-corrected chi connectivity index (χ3v) is 5.82. The van der Waals surface area contributed by atoms with Crippen LogP contribution in [0.25, 0.3) is 0 Å². The van der Waals surface area contributed by atoms with Gasteiger partial charge in [0.05, 0.1) is 10.9 Å². The molecule has 1 aliphatic heterocycles. The van der Waals surface area contributed by atoms with Crippen molar-refractivity contribution in [1.82, 2.24) is 14.8 Å². The minimum Gasteiger partial charge on any atom is -0.258 e. The Balaban J connectivity index is 1.53. The Hall–Kier alpha value is -2.58. The minimum absolute atomic E-state index is 0.0605. The van der Waals surface area contributed by atoms with Gasteiger partial charge in [-0.25, -0.2) is 14.1 Å². The molecule has 0 unspecified atom stereocenters. The number of rotatable bonds is 5. The zero-order chi connectivity index (χ0) is 19.0. The lowest BCUT2D eigenvalue weighted by atomic mass is 10.0. The Morgan fingerprint density at radius 3 is 2.56 bits per heavy atom. The van der Waals surface area contributed by atoms with E-state index in [1.165, 1.54) is 16.8 Å². The highest BCUT2D eigenvalue weighted by molar-refractivity contribution is 7.86. The van der Waals surface area contributed by atoms with Gasteiger partial charge in [-0.1, -0.05) is 48.0 Å². The van der Waals surface area contributed by atoms with Crippen LogP contribution in [0.1, 0.15) is 41.4 Å². The van der Waals surface area contributed by atoms with Crippen molar-refractivity contribution in [3.63, 3.8) is 0 Å². The molecule has 1 aliphatic rings. The molecule has 27 heavy (non-hydrogen) atoms. The second kappa shape index (κ2) is 6.86. The third kappa shape index (κ3) is 3.50. The van der Waals surface area contributed by atoms with Crippen LogP contribution in [-0.2, 0) is 20.9 Å². The van der Waals surface area contributed by atoms with Crippen molar-refractivity contribution >= 4 is 10.1 Å². The third-order valence-electron chi connectivity index (χ3n) is 4.54. The number of aromatic nitrogens is 3. The second-order valence-corrected chi connectivity index (χ2v) is 8.11. The highest BCUT2D eigenvalue weighted by Gasteiger charge is 2.35. The number of fused-ring (bicyclic) bond motifs is 1. The molecule has 0 amide bonds. The summed E-state index contributed by atoms with van der Waals surface area (Å²) in [6.45, 7) is 1.52. The summed E-state index contributed by atoms with van der Waals surface area (Å²) in [6.07, 6.45) is -0.979. The van der Waals surface area contributed by atoms with Crippen molar-refractivity contribution in [3.8, 4) is 0 Å². The van der Waals surface area contributed by atoms with Crippen LogP contribution in [0, 0.1) is 6.92 Å². The van der Waals surface area contributed by atoms with E-state index in [0.717, 1.165) is 11.1 Å². The predicted molar refractivity (Wildman–Crippen MR) is 96.2 cm³/mol. The first-order valence-electron chi connectivity index (χ1n) is 8.54. The van der Waals surface area contributed by atoms with Crippen LogP contribution in [-0.4, -0.2) is 23.2 Å². The van der Waals surface area contributed by atoms with Crippen molar-refractivity contribution in [1.29, 1.82) is 0 Å². The van der Waals surface area contributed by atoms with Gasteiger partial charge in [0, 0.05) is 6.42 Å². The number of benzene rings is 2. The maximum absolute atomic E-state index is 14.4. The van der Waals surface area contributed by atoms with E-state index in [0.29, 0.717) is 0 Å². The van der Waals surface area contributed by atoms with E-state index in [9.17, 15) is 12.8 Å². The van der Waals surface area contributed by atoms with Gasteiger partial charge in [-0.3, -0.25) is 4.18 Å². The number of halogens is 1. The molecular formula is C19H18FN3O3S. The van der Waals surface area contributed by atoms with Gasteiger partial charge in [0.2, 0.25) is 0 Å². The molecule has 140 valence electrons. The molecule has 0 aliphatic carbocycles. The van der Waals surface area contributed by atoms with Gasteiger partial charge in [-0.15, -0.1) is 0 Å². The minimum atomic E-state index is -3.93. The zero-order valence-corrected chi connectivity index (χ0v) is 15.4. The smallest absolute Gasteiger partial charge is 0.258 e. The largest absolute Gasteiger partial charge is 0.297 e. The highest BCUT2D eigenvalue weighted by Crippen LogP contribution is 2.39. The lowest BCUT2D eigenvalue weighted by molar-refractivity contribution is 0.293. The van der Waals surface area contributed by atoms with Gasteiger partial charge < -0.3 is 0 Å². The molecule has 1 aromatic heterocycles. The summed E-state index contributed by atoms with van der Waals surface area (Å²) in [5.74, 6) is 0.346. The van der Waals surface area contributed by atoms with Crippen molar-refractivity contribution < 1.29 is 17.0 Å². The molecule has 0 fully saturated rings. The van der Waals surface area contributed by atoms with E-state index in [1.807, 2.05) is 37.3 Å². The molecule has 3 aromatic rings. The number of nitrogens with zero attached hydrogens (tertiary/aromatic N) is 3. The number of aryl methyl sites for hydroxylation is 1. The molecule has 2 heterocycles. The number of alkyl halides is 1. The van der Waals surface area contributed by atoms with Crippen LogP contribution < -0.4 is 0 Å². The Morgan fingerprint density at radius 1 is 1.15 bits per heavy atom. The van der Waals surface area contributed by atoms with E-state index in [2.05, 4.69) is 10.1 Å². The first-order valence-corrected chi connectivity index (χ1v) is 9.95. The Labute approximate surface area is 156 Å². The topological polar surface area (TPSA) is 74.1 Å². The van der Waals surface area contributed by atoms with E-state index >= 15 is 0 Å². The van der Waals surface area contributed by atoms with Gasteiger partial charge in [0.25, 0.3) is 10.1 Å². The summed E-state index contributed by atoms with van der Waals surface area (Å²) in [5.41, 5.74) is 1.88. The SMILES string of the molecule is Cc1ccc(S(=O)(=O)OCc2nc3n(n2)[C@H](c2ccccc2)C[C@@H]3F)cc1. The van der Waals surface area contributed by atoms with Crippen LogP contribution in [0.4, 0.5) is 4.39 Å². The molecule has 0 radical (unpaired) electrons. The van der Waals surface area contributed by atoms with Gasteiger partial charge in [0.15, 0.2) is 17.8 Å². The van der Waals surface area contributed by atoms with Gasteiger partial charge in [-0.2, -0.15) is 13.5 Å². The molecule has 0 spiro atoms. The Kier molecular flexibility index (Phi) is 4.53. The summed E-state index contributed by atoms with van der Waals surface area (Å²) in [7, 11) is -3.93. The summed E-state index contributed by atoms with van der Waals surface area (Å²) in [4.78, 5) is 4.21. The van der Waals surface area contributed by atoms with Crippen LogP contribution >= 0.6 is 0 Å². The van der Waals surface area contributed by atoms with E-state index in [4.69, 9.17) is 4.18 Å². The molecule has 2 atom stereocenters. The van der Waals surface area contributed by atoms with Crippen LogP contribution in [0.15, 0.2) is 59.5 Å². The second-order valence-electron chi connectivity index (χ2n) is 6.49. The molecule has 8 heteroatoms. The number of hydrogen-bond donors (Lipinski definition) is 0. The molecule has 0 saturated carbocycles. The predicted octanol–water partition coefficient (Wildman–Crippen LogP) is 3.50. The molecular weight excluding hydrogens is 369 g/mol. The Morgan fingerprint density at radius 2 is 1.85 bits per heavy atom. The van der Waals surface area contributed by atoms with E-state index < -0.39 is 16.3 Å². The van der Waals surface area contributed by atoms with E-state index in [-0.39, 0.29) is 35.6 Å². The Bertz CT molecular complexity index is 1050. The van der Waals surface area contributed by atoms with Crippen molar-refractivity contribution in [2.45, 2.75) is 37.1 Å². The molecule has 0 N–H and O–H groups in total. The van der Waals surface area contributed by atoms with Crippen LogP contribution in [0.2, 0.25) is 0 Å². The molecule has 4 rings (SSSR count). The fourth-order valence-corrected chi connectivity index (χ4v) is 4.01. The summed E-state index contributed by atoms with van der Waals surface area (Å²) in [5, 5.41) is 4.29. The molecule has 6 nitrogen and oxygen atoms in total. The normalized spacial score (nSPS) is 19.2. The summed E-state index contributed by atoms with van der Waals surface area (Å²) < 4.78 is 45.5.